The van der Waals surface area contributed by atoms with Gasteiger partial charge in [-0.05, 0) is 18.8 Å². The van der Waals surface area contributed by atoms with Gasteiger partial charge in [0.1, 0.15) is 11.8 Å². The summed E-state index contributed by atoms with van der Waals surface area (Å²) in [6.07, 6.45) is 5.73. The second kappa shape index (κ2) is 3.96. The molecule has 0 aromatic carbocycles. The predicted octanol–water partition coefficient (Wildman–Crippen LogP) is 0.526. The monoisotopic (exact) mass is 232 g/mol. The number of imidazole rings is 1. The predicted molar refractivity (Wildman–Crippen MR) is 65.7 cm³/mol. The van der Waals surface area contributed by atoms with Crippen LogP contribution in [0.1, 0.15) is 12.8 Å². The number of nitrogens with two attached hydrogens (primary N) is 1. The Labute approximate surface area is 99.3 Å². The van der Waals surface area contributed by atoms with Gasteiger partial charge < -0.3 is 15.6 Å². The fourth-order valence-electron chi connectivity index (χ4n) is 2.32. The molecule has 1 atom stereocenters. The second-order valence-electron chi connectivity index (χ2n) is 4.55. The molecule has 1 unspecified atom stereocenters. The largest absolute Gasteiger partial charge is 0.353 e. The van der Waals surface area contributed by atoms with Crippen LogP contribution in [0.25, 0.3) is 11.2 Å². The third-order valence-corrected chi connectivity index (χ3v) is 3.44. The first-order valence-electron chi connectivity index (χ1n) is 5.88. The van der Waals surface area contributed by atoms with Crippen LogP contribution in [0.15, 0.2) is 12.7 Å². The molecule has 2 heterocycles. The molecule has 3 rings (SSSR count). The fourth-order valence-corrected chi connectivity index (χ4v) is 2.32. The van der Waals surface area contributed by atoms with E-state index in [9.17, 15) is 0 Å². The molecule has 1 fully saturated rings. The fraction of sp³-hybridized carbons (Fsp3) is 0.545. The van der Waals surface area contributed by atoms with Crippen LogP contribution in [-0.2, 0) is 0 Å². The Kier molecular flexibility index (Phi) is 2.44. The van der Waals surface area contributed by atoms with E-state index in [2.05, 4.69) is 24.8 Å². The van der Waals surface area contributed by atoms with Crippen LogP contribution in [0.2, 0.25) is 0 Å². The number of nitrogens with zero attached hydrogens (tertiary/aromatic N) is 4. The van der Waals surface area contributed by atoms with Crippen molar-refractivity contribution in [2.45, 2.75) is 18.9 Å². The topological polar surface area (TPSA) is 83.7 Å². The van der Waals surface area contributed by atoms with Crippen LogP contribution >= 0.6 is 0 Å². The molecule has 0 amide bonds. The Morgan fingerprint density at radius 3 is 3.00 bits per heavy atom. The number of nitrogens with one attached hydrogen (secondary N) is 1. The molecule has 2 aromatic heterocycles. The molecule has 0 saturated heterocycles. The van der Waals surface area contributed by atoms with Crippen LogP contribution in [0.5, 0.6) is 0 Å². The van der Waals surface area contributed by atoms with E-state index in [1.807, 2.05) is 7.05 Å². The van der Waals surface area contributed by atoms with Gasteiger partial charge in [-0.1, -0.05) is 0 Å². The lowest BCUT2D eigenvalue weighted by Crippen LogP contribution is -2.40. The Morgan fingerprint density at radius 2 is 2.29 bits per heavy atom. The van der Waals surface area contributed by atoms with Gasteiger partial charge in [-0.2, -0.15) is 0 Å². The van der Waals surface area contributed by atoms with E-state index in [1.165, 1.54) is 12.8 Å². The van der Waals surface area contributed by atoms with Crippen molar-refractivity contribution in [2.24, 2.45) is 11.7 Å². The molecule has 6 nitrogen and oxygen atoms in total. The SMILES string of the molecule is CN(c1ncnc2nc[nH]c12)C(CN)C1CC1. The first-order valence-corrected chi connectivity index (χ1v) is 5.88. The minimum atomic E-state index is 0.358. The lowest BCUT2D eigenvalue weighted by atomic mass is 10.1. The maximum atomic E-state index is 5.86. The van der Waals surface area contributed by atoms with Crippen LogP contribution < -0.4 is 10.6 Å². The van der Waals surface area contributed by atoms with Crippen LogP contribution in [-0.4, -0.2) is 39.6 Å². The summed E-state index contributed by atoms with van der Waals surface area (Å²) in [6, 6.07) is 0.358. The van der Waals surface area contributed by atoms with E-state index in [1.54, 1.807) is 12.7 Å². The van der Waals surface area contributed by atoms with E-state index < -0.39 is 0 Å². The van der Waals surface area contributed by atoms with Crippen LogP contribution in [0.4, 0.5) is 5.82 Å². The molecule has 2 aromatic rings. The molecule has 1 aliphatic carbocycles. The molecule has 17 heavy (non-hydrogen) atoms. The van der Waals surface area contributed by atoms with Gasteiger partial charge in [0.25, 0.3) is 0 Å². The number of fused-ring (bicyclic) bond motifs is 1. The first kappa shape index (κ1) is 10.5. The third-order valence-electron chi connectivity index (χ3n) is 3.44. The minimum Gasteiger partial charge on any atom is -0.353 e. The number of anilines is 1. The average Bonchev–Trinajstić information content (AvgIpc) is 3.06. The Bertz CT molecular complexity index is 517. The number of hydrogen-bond donors (Lipinski definition) is 2. The van der Waals surface area contributed by atoms with Gasteiger partial charge in [0.15, 0.2) is 11.5 Å². The van der Waals surface area contributed by atoms with Gasteiger partial charge in [0.05, 0.1) is 6.33 Å². The molecule has 0 spiro atoms. The van der Waals surface area contributed by atoms with Crippen molar-refractivity contribution in [1.82, 2.24) is 19.9 Å². The highest BCUT2D eigenvalue weighted by Crippen LogP contribution is 2.36. The van der Waals surface area contributed by atoms with E-state index in [-0.39, 0.29) is 0 Å². The highest BCUT2D eigenvalue weighted by atomic mass is 15.2. The van der Waals surface area contributed by atoms with Crippen molar-refractivity contribution in [3.63, 3.8) is 0 Å². The molecular formula is C11H16N6. The van der Waals surface area contributed by atoms with Crippen molar-refractivity contribution < 1.29 is 0 Å². The van der Waals surface area contributed by atoms with E-state index in [0.717, 1.165) is 11.3 Å². The van der Waals surface area contributed by atoms with Gasteiger partial charge >= 0.3 is 0 Å². The summed E-state index contributed by atoms with van der Waals surface area (Å²) in [7, 11) is 2.04. The molecular weight excluding hydrogens is 216 g/mol. The zero-order valence-corrected chi connectivity index (χ0v) is 9.80. The zero-order valence-electron chi connectivity index (χ0n) is 9.80. The van der Waals surface area contributed by atoms with Crippen molar-refractivity contribution in [1.29, 1.82) is 0 Å². The molecule has 1 saturated carbocycles. The van der Waals surface area contributed by atoms with Gasteiger partial charge in [-0.3, -0.25) is 0 Å². The Morgan fingerprint density at radius 1 is 1.47 bits per heavy atom. The Balaban J connectivity index is 1.98. The maximum Gasteiger partial charge on any atom is 0.182 e. The summed E-state index contributed by atoms with van der Waals surface area (Å²) in [6.45, 7) is 0.654. The lowest BCUT2D eigenvalue weighted by molar-refractivity contribution is 0.567. The summed E-state index contributed by atoms with van der Waals surface area (Å²) in [5, 5.41) is 0. The van der Waals surface area contributed by atoms with Crippen molar-refractivity contribution in [3.8, 4) is 0 Å². The summed E-state index contributed by atoms with van der Waals surface area (Å²) in [4.78, 5) is 17.8. The first-order chi connectivity index (χ1) is 8.31. The maximum absolute atomic E-state index is 5.86. The third kappa shape index (κ3) is 1.74. The van der Waals surface area contributed by atoms with Crippen LogP contribution in [0, 0.1) is 5.92 Å². The number of aromatic amines is 1. The number of hydrogen-bond acceptors (Lipinski definition) is 5. The molecule has 6 heteroatoms. The second-order valence-corrected chi connectivity index (χ2v) is 4.55. The molecule has 0 radical (unpaired) electrons. The lowest BCUT2D eigenvalue weighted by Gasteiger charge is -2.28. The van der Waals surface area contributed by atoms with Gasteiger partial charge in [-0.15, -0.1) is 0 Å². The normalized spacial score (nSPS) is 17.3. The zero-order chi connectivity index (χ0) is 11.8. The van der Waals surface area contributed by atoms with Crippen molar-refractivity contribution in [2.75, 3.05) is 18.5 Å². The molecule has 1 aliphatic rings. The molecule has 0 bridgehead atoms. The number of likely N-dealkylation sites (N-methyl/N-ethyl adjacent to an activating group) is 1. The van der Waals surface area contributed by atoms with Gasteiger partial charge in [0.2, 0.25) is 0 Å². The summed E-state index contributed by atoms with van der Waals surface area (Å²) in [5.74, 6) is 1.59. The minimum absolute atomic E-state index is 0.358. The molecule has 3 N–H and O–H groups in total. The Hall–Kier alpha value is -1.69. The van der Waals surface area contributed by atoms with Gasteiger partial charge in [0, 0.05) is 19.6 Å². The summed E-state index contributed by atoms with van der Waals surface area (Å²) in [5.41, 5.74) is 7.45. The number of H-pyrrole nitrogens is 1. The smallest absolute Gasteiger partial charge is 0.182 e. The quantitative estimate of drug-likeness (QED) is 0.803. The van der Waals surface area contributed by atoms with Crippen molar-refractivity contribution in [3.05, 3.63) is 12.7 Å². The number of rotatable bonds is 4. The van der Waals surface area contributed by atoms with Crippen LogP contribution in [0.3, 0.4) is 0 Å². The summed E-state index contributed by atoms with van der Waals surface area (Å²) >= 11 is 0. The van der Waals surface area contributed by atoms with Crippen molar-refractivity contribution >= 4 is 17.0 Å². The van der Waals surface area contributed by atoms with E-state index in [4.69, 9.17) is 5.73 Å². The van der Waals surface area contributed by atoms with E-state index >= 15 is 0 Å². The summed E-state index contributed by atoms with van der Waals surface area (Å²) < 4.78 is 0. The number of aromatic nitrogens is 4. The average molecular weight is 232 g/mol. The molecule has 0 aliphatic heterocycles. The highest BCUT2D eigenvalue weighted by Gasteiger charge is 2.34. The standard InChI is InChI=1S/C11H16N6/c1-17(8(4-12)7-2-3-7)11-9-10(14-5-13-9)15-6-16-11/h5-8H,2-4,12H2,1H3,(H,13,14,15,16). The highest BCUT2D eigenvalue weighted by molar-refractivity contribution is 5.82. The van der Waals surface area contributed by atoms with E-state index in [0.29, 0.717) is 24.2 Å². The molecule has 90 valence electrons. The van der Waals surface area contributed by atoms with Gasteiger partial charge in [-0.25, -0.2) is 15.0 Å².